The van der Waals surface area contributed by atoms with Gasteiger partial charge >= 0.3 is 0 Å². The van der Waals surface area contributed by atoms with Crippen molar-refractivity contribution < 1.29 is 3.07 Å². The van der Waals surface area contributed by atoms with Crippen molar-refractivity contribution in [3.05, 3.63) is 0 Å². The molecule has 0 unspecified atom stereocenters. The molecule has 0 atom stereocenters. The first-order valence-electron chi connectivity index (χ1n) is 3.22. The maximum atomic E-state index is 5.38. The second kappa shape index (κ2) is 4.45. The van der Waals surface area contributed by atoms with Gasteiger partial charge in [0, 0.05) is 0 Å². The van der Waals surface area contributed by atoms with Gasteiger partial charge in [0.1, 0.15) is 23.0 Å². The second-order valence-electron chi connectivity index (χ2n) is 2.14. The normalized spacial score (nSPS) is 12.6. The highest BCUT2D eigenvalue weighted by Gasteiger charge is 2.30. The van der Waals surface area contributed by atoms with Crippen LogP contribution in [0.15, 0.2) is 0 Å². The molecular formula is C5H14IN3O. The summed E-state index contributed by atoms with van der Waals surface area (Å²) in [6.45, 7) is 3.96. The number of hydrogen-bond acceptors (Lipinski definition) is 4. The zero-order chi connectivity index (χ0) is 8.20. The maximum Gasteiger partial charge on any atom is 0.158 e. The molecule has 0 aliphatic rings. The minimum atomic E-state index is -0.499. The van der Waals surface area contributed by atoms with Crippen LogP contribution in [0.2, 0.25) is 0 Å². The summed E-state index contributed by atoms with van der Waals surface area (Å²) in [5.74, 6) is 10.8. The van der Waals surface area contributed by atoms with Crippen LogP contribution < -0.4 is 11.7 Å². The lowest BCUT2D eigenvalue weighted by molar-refractivity contribution is -0.0655. The Morgan fingerprint density at radius 2 is 1.80 bits per heavy atom. The molecule has 0 saturated heterocycles. The van der Waals surface area contributed by atoms with E-state index in [0.29, 0.717) is 0 Å². The summed E-state index contributed by atoms with van der Waals surface area (Å²) in [4.78, 5) is 0. The molecule has 5 heteroatoms. The highest BCUT2D eigenvalue weighted by atomic mass is 127. The molecule has 0 heterocycles. The summed E-state index contributed by atoms with van der Waals surface area (Å²) in [7, 11) is 0. The summed E-state index contributed by atoms with van der Waals surface area (Å²) < 4.78 is 5.14. The molecule has 4 N–H and O–H groups in total. The fourth-order valence-electron chi connectivity index (χ4n) is 0.764. The van der Waals surface area contributed by atoms with E-state index in [0.717, 1.165) is 18.0 Å². The van der Waals surface area contributed by atoms with Gasteiger partial charge in [-0.3, -0.25) is 14.8 Å². The van der Waals surface area contributed by atoms with Crippen molar-refractivity contribution in [1.82, 2.24) is 5.12 Å². The van der Waals surface area contributed by atoms with Crippen molar-refractivity contribution in [3.8, 4) is 0 Å². The summed E-state index contributed by atoms with van der Waals surface area (Å²) in [5.41, 5.74) is -0.499. The Bertz CT molecular complexity index is 86.6. The third-order valence-electron chi connectivity index (χ3n) is 1.72. The van der Waals surface area contributed by atoms with E-state index in [2.05, 4.69) is 0 Å². The quantitative estimate of drug-likeness (QED) is 0.341. The molecule has 0 bridgehead atoms. The van der Waals surface area contributed by atoms with Gasteiger partial charge in [-0.2, -0.15) is 5.12 Å². The van der Waals surface area contributed by atoms with Gasteiger partial charge in [0.25, 0.3) is 0 Å². The van der Waals surface area contributed by atoms with Gasteiger partial charge in [0.2, 0.25) is 0 Å². The molecule has 0 fully saturated rings. The average Bonchev–Trinajstić information content (AvgIpc) is 1.92. The van der Waals surface area contributed by atoms with Gasteiger partial charge in [-0.1, -0.05) is 13.8 Å². The zero-order valence-corrected chi connectivity index (χ0v) is 8.46. The number of rotatable bonds is 4. The molecule has 10 heavy (non-hydrogen) atoms. The largest absolute Gasteiger partial charge is 0.290 e. The molecule has 0 radical (unpaired) electrons. The summed E-state index contributed by atoms with van der Waals surface area (Å²) in [6.07, 6.45) is 1.55. The number of nitrogens with zero attached hydrogens (tertiary/aromatic N) is 1. The van der Waals surface area contributed by atoms with E-state index in [1.54, 1.807) is 0 Å². The summed E-state index contributed by atoms with van der Waals surface area (Å²) in [6, 6.07) is 0. The fraction of sp³-hybridized carbons (Fsp3) is 1.00. The molecule has 0 aromatic carbocycles. The predicted octanol–water partition coefficient (Wildman–Crippen LogP) is 0.919. The Hall–Kier alpha value is 0.570. The van der Waals surface area contributed by atoms with Gasteiger partial charge in [0.05, 0.1) is 0 Å². The van der Waals surface area contributed by atoms with Crippen LogP contribution in [0.3, 0.4) is 0 Å². The van der Waals surface area contributed by atoms with Crippen molar-refractivity contribution in [2.24, 2.45) is 11.7 Å². The number of hydrogen-bond donors (Lipinski definition) is 2. The summed E-state index contributed by atoms with van der Waals surface area (Å²) in [5, 5.41) is 1.12. The number of hydrazine groups is 2. The Kier molecular flexibility index (Phi) is 4.70. The predicted molar refractivity (Wildman–Crippen MR) is 48.6 cm³/mol. The molecule has 62 valence electrons. The molecule has 0 aromatic rings. The molecule has 4 nitrogen and oxygen atoms in total. The van der Waals surface area contributed by atoms with Crippen LogP contribution in [-0.4, -0.2) is 10.8 Å². The van der Waals surface area contributed by atoms with E-state index in [9.17, 15) is 0 Å². The second-order valence-corrected chi connectivity index (χ2v) is 2.58. The summed E-state index contributed by atoms with van der Waals surface area (Å²) >= 11 is 1.82. The standard InChI is InChI=1S/C5H14IN3O/c1-3-5(4-2,10-6)9(7)8/h3-4,7-8H2,1-2H3. The van der Waals surface area contributed by atoms with Crippen LogP contribution in [0.25, 0.3) is 0 Å². The van der Waals surface area contributed by atoms with Gasteiger partial charge in [-0.25, -0.2) is 0 Å². The molecule has 0 saturated carbocycles. The van der Waals surface area contributed by atoms with Crippen molar-refractivity contribution in [2.45, 2.75) is 32.4 Å². The van der Waals surface area contributed by atoms with Gasteiger partial charge in [0.15, 0.2) is 5.72 Å². The first-order valence-corrected chi connectivity index (χ1v) is 4.10. The first kappa shape index (κ1) is 10.6. The molecule has 0 spiro atoms. The van der Waals surface area contributed by atoms with E-state index in [1.165, 1.54) is 0 Å². The minimum Gasteiger partial charge on any atom is -0.290 e. The Balaban J connectivity index is 4.15. The molecule has 0 rings (SSSR count). The van der Waals surface area contributed by atoms with Crippen molar-refractivity contribution in [1.29, 1.82) is 0 Å². The van der Waals surface area contributed by atoms with Gasteiger partial charge < -0.3 is 0 Å². The first-order chi connectivity index (χ1) is 4.63. The zero-order valence-electron chi connectivity index (χ0n) is 6.30. The van der Waals surface area contributed by atoms with Crippen LogP contribution in [-0.2, 0) is 3.07 Å². The number of halogens is 1. The third kappa shape index (κ3) is 2.03. The Morgan fingerprint density at radius 1 is 1.40 bits per heavy atom. The van der Waals surface area contributed by atoms with Crippen LogP contribution in [0.4, 0.5) is 0 Å². The van der Waals surface area contributed by atoms with E-state index in [4.69, 9.17) is 14.8 Å². The van der Waals surface area contributed by atoms with Crippen LogP contribution >= 0.6 is 23.0 Å². The van der Waals surface area contributed by atoms with Gasteiger partial charge in [-0.15, -0.1) is 0 Å². The van der Waals surface area contributed by atoms with Crippen molar-refractivity contribution >= 4 is 23.0 Å². The van der Waals surface area contributed by atoms with E-state index in [-0.39, 0.29) is 0 Å². The maximum absolute atomic E-state index is 5.38. The van der Waals surface area contributed by atoms with E-state index < -0.39 is 5.72 Å². The number of nitrogens with two attached hydrogens (primary N) is 2. The monoisotopic (exact) mass is 259 g/mol. The SMILES string of the molecule is CCC(CC)(OI)N(N)N. The molecular weight excluding hydrogens is 245 g/mol. The van der Waals surface area contributed by atoms with Crippen molar-refractivity contribution in [3.63, 3.8) is 0 Å². The Labute approximate surface area is 75.5 Å². The molecule has 0 aliphatic heterocycles. The van der Waals surface area contributed by atoms with Crippen LogP contribution in [0.1, 0.15) is 26.7 Å². The smallest absolute Gasteiger partial charge is 0.158 e. The van der Waals surface area contributed by atoms with Crippen LogP contribution in [0.5, 0.6) is 0 Å². The van der Waals surface area contributed by atoms with E-state index in [1.807, 2.05) is 36.9 Å². The lowest BCUT2D eigenvalue weighted by Crippen LogP contribution is -2.56. The van der Waals surface area contributed by atoms with Crippen LogP contribution in [0, 0.1) is 0 Å². The average molecular weight is 259 g/mol. The lowest BCUT2D eigenvalue weighted by atomic mass is 10.1. The topological polar surface area (TPSA) is 64.5 Å². The molecule has 0 amide bonds. The van der Waals surface area contributed by atoms with Crippen molar-refractivity contribution in [2.75, 3.05) is 0 Å². The minimum absolute atomic E-state index is 0.499. The molecule has 0 aromatic heterocycles. The van der Waals surface area contributed by atoms with E-state index >= 15 is 0 Å². The highest BCUT2D eigenvalue weighted by Crippen LogP contribution is 2.22. The molecule has 0 aliphatic carbocycles. The fourth-order valence-corrected chi connectivity index (χ4v) is 1.61. The van der Waals surface area contributed by atoms with Gasteiger partial charge in [-0.05, 0) is 12.8 Å². The Morgan fingerprint density at radius 3 is 1.80 bits per heavy atom. The lowest BCUT2D eigenvalue weighted by Gasteiger charge is -2.33. The third-order valence-corrected chi connectivity index (χ3v) is 2.54. The highest BCUT2D eigenvalue weighted by molar-refractivity contribution is 14.1.